The van der Waals surface area contributed by atoms with Gasteiger partial charge in [0.25, 0.3) is 0 Å². The van der Waals surface area contributed by atoms with Crippen molar-refractivity contribution < 1.29 is 0 Å². The van der Waals surface area contributed by atoms with Crippen LogP contribution in [0.4, 0.5) is 5.69 Å². The van der Waals surface area contributed by atoms with Gasteiger partial charge in [0.05, 0.1) is 0 Å². The molecular weight excluding hydrogens is 220 g/mol. The first-order valence-electron chi connectivity index (χ1n) is 5.79. The summed E-state index contributed by atoms with van der Waals surface area (Å²) in [5.41, 5.74) is 11.0. The average Bonchev–Trinajstić information content (AvgIpc) is 2.38. The molecule has 0 fully saturated rings. The normalized spacial score (nSPS) is 10.1. The molecule has 2 aromatic carbocycles. The van der Waals surface area contributed by atoms with E-state index in [-0.39, 0.29) is 0 Å². The smallest absolute Gasteiger partial charge is 0.0393 e. The summed E-state index contributed by atoms with van der Waals surface area (Å²) in [5.74, 6) is 0. The molecule has 0 saturated heterocycles. The van der Waals surface area contributed by atoms with Gasteiger partial charge in [-0.05, 0) is 29.7 Å². The van der Waals surface area contributed by atoms with Crippen LogP contribution in [0.15, 0.2) is 55.1 Å². The number of para-hydroxylation sites is 1. The maximum absolute atomic E-state index is 7.57. The van der Waals surface area contributed by atoms with Crippen LogP contribution in [0, 0.1) is 5.41 Å². The summed E-state index contributed by atoms with van der Waals surface area (Å²) in [6, 6.07) is 15.5. The molecule has 0 aliphatic heterocycles. The minimum absolute atomic E-state index is 0.561. The van der Waals surface area contributed by atoms with Crippen LogP contribution in [-0.4, -0.2) is 5.71 Å². The van der Waals surface area contributed by atoms with Gasteiger partial charge in [-0.15, -0.1) is 0 Å². The van der Waals surface area contributed by atoms with E-state index in [4.69, 9.17) is 11.1 Å². The van der Waals surface area contributed by atoms with Crippen molar-refractivity contribution in [2.45, 2.75) is 6.92 Å². The molecule has 18 heavy (non-hydrogen) atoms. The predicted octanol–water partition coefficient (Wildman–Crippen LogP) is 3.72. The van der Waals surface area contributed by atoms with Crippen molar-refractivity contribution in [3.8, 4) is 0 Å². The van der Waals surface area contributed by atoms with Gasteiger partial charge in [-0.1, -0.05) is 49.0 Å². The highest BCUT2D eigenvalue weighted by Gasteiger charge is 2.05. The van der Waals surface area contributed by atoms with Crippen LogP contribution in [0.2, 0.25) is 0 Å². The quantitative estimate of drug-likeness (QED) is 0.619. The Morgan fingerprint density at radius 2 is 1.56 bits per heavy atom. The van der Waals surface area contributed by atoms with E-state index < -0.39 is 0 Å². The number of hydrogen-bond donors (Lipinski definition) is 2. The third-order valence-corrected chi connectivity index (χ3v) is 2.95. The summed E-state index contributed by atoms with van der Waals surface area (Å²) in [5, 5.41) is 7.57. The number of rotatable bonds is 3. The largest absolute Gasteiger partial charge is 0.398 e. The van der Waals surface area contributed by atoms with Gasteiger partial charge in [-0.2, -0.15) is 0 Å². The Balaban J connectivity index is 2.35. The van der Waals surface area contributed by atoms with Crippen molar-refractivity contribution in [1.82, 2.24) is 0 Å². The first kappa shape index (κ1) is 12.1. The topological polar surface area (TPSA) is 49.9 Å². The molecule has 90 valence electrons. The molecule has 0 radical (unpaired) electrons. The van der Waals surface area contributed by atoms with E-state index in [2.05, 4.69) is 6.58 Å². The second kappa shape index (κ2) is 4.88. The van der Waals surface area contributed by atoms with Crippen LogP contribution in [0.5, 0.6) is 0 Å². The fourth-order valence-corrected chi connectivity index (χ4v) is 1.85. The Hall–Kier alpha value is -2.35. The van der Waals surface area contributed by atoms with Gasteiger partial charge in [-0.3, -0.25) is 0 Å². The van der Waals surface area contributed by atoms with Crippen LogP contribution in [0.1, 0.15) is 23.6 Å². The van der Waals surface area contributed by atoms with E-state index in [0.29, 0.717) is 5.71 Å². The molecule has 2 heteroatoms. The van der Waals surface area contributed by atoms with Crippen molar-refractivity contribution in [2.24, 2.45) is 0 Å². The summed E-state index contributed by atoms with van der Waals surface area (Å²) < 4.78 is 0. The van der Waals surface area contributed by atoms with Gasteiger partial charge >= 0.3 is 0 Å². The minimum Gasteiger partial charge on any atom is -0.398 e. The number of nitrogens with one attached hydrogen (secondary N) is 1. The number of nitrogen functional groups attached to an aromatic ring is 1. The van der Waals surface area contributed by atoms with E-state index >= 15 is 0 Å². The van der Waals surface area contributed by atoms with Crippen LogP contribution in [0.25, 0.3) is 5.57 Å². The molecule has 0 spiro atoms. The van der Waals surface area contributed by atoms with Crippen LogP contribution < -0.4 is 5.73 Å². The molecule has 0 saturated carbocycles. The lowest BCUT2D eigenvalue weighted by Crippen LogP contribution is -1.95. The number of nitrogens with two attached hydrogens (primary N) is 1. The lowest BCUT2D eigenvalue weighted by molar-refractivity contribution is 1.45. The monoisotopic (exact) mass is 236 g/mol. The highest BCUT2D eigenvalue weighted by atomic mass is 14.6. The summed E-state index contributed by atoms with van der Waals surface area (Å²) in [6.45, 7) is 5.87. The van der Waals surface area contributed by atoms with E-state index in [1.54, 1.807) is 6.92 Å². The van der Waals surface area contributed by atoms with Crippen molar-refractivity contribution in [2.75, 3.05) is 5.73 Å². The zero-order valence-corrected chi connectivity index (χ0v) is 10.4. The Morgan fingerprint density at radius 3 is 2.11 bits per heavy atom. The number of anilines is 1. The molecular formula is C16H16N2. The zero-order valence-electron chi connectivity index (χ0n) is 10.4. The maximum Gasteiger partial charge on any atom is 0.0393 e. The lowest BCUT2D eigenvalue weighted by Gasteiger charge is -2.09. The van der Waals surface area contributed by atoms with Crippen molar-refractivity contribution in [1.29, 1.82) is 5.41 Å². The molecule has 2 nitrogen and oxygen atoms in total. The molecule has 3 N–H and O–H groups in total. The fourth-order valence-electron chi connectivity index (χ4n) is 1.85. The Kier molecular flexibility index (Phi) is 3.28. The lowest BCUT2D eigenvalue weighted by atomic mass is 9.97. The molecule has 0 bridgehead atoms. The average molecular weight is 236 g/mol. The van der Waals surface area contributed by atoms with E-state index in [9.17, 15) is 0 Å². The van der Waals surface area contributed by atoms with Crippen LogP contribution >= 0.6 is 0 Å². The molecule has 2 aromatic rings. The summed E-state index contributed by atoms with van der Waals surface area (Å²) in [6.07, 6.45) is 0. The predicted molar refractivity (Wildman–Crippen MR) is 77.9 cm³/mol. The zero-order chi connectivity index (χ0) is 13.1. The van der Waals surface area contributed by atoms with E-state index in [1.807, 2.05) is 48.5 Å². The summed E-state index contributed by atoms with van der Waals surface area (Å²) >= 11 is 0. The van der Waals surface area contributed by atoms with Crippen LogP contribution in [-0.2, 0) is 0 Å². The second-order valence-corrected chi connectivity index (χ2v) is 4.27. The molecule has 0 heterocycles. The molecule has 2 rings (SSSR count). The standard InChI is InChI=1S/C16H16N2/c1-11(15-5-3-4-6-16(15)18)13-7-9-14(10-8-13)12(2)17/h3-10,17H,1,18H2,2H3. The van der Waals surface area contributed by atoms with E-state index in [1.165, 1.54) is 0 Å². The van der Waals surface area contributed by atoms with Gasteiger partial charge in [0.2, 0.25) is 0 Å². The molecule has 0 unspecified atom stereocenters. The highest BCUT2D eigenvalue weighted by Crippen LogP contribution is 2.26. The molecule has 0 aromatic heterocycles. The second-order valence-electron chi connectivity index (χ2n) is 4.27. The Morgan fingerprint density at radius 1 is 1.00 bits per heavy atom. The molecule has 0 amide bonds. The maximum atomic E-state index is 7.57. The van der Waals surface area contributed by atoms with E-state index in [0.717, 1.165) is 28.0 Å². The summed E-state index contributed by atoms with van der Waals surface area (Å²) in [7, 11) is 0. The first-order chi connectivity index (χ1) is 8.59. The SMILES string of the molecule is C=C(c1ccc(C(C)=N)cc1)c1ccccc1N. The Bertz CT molecular complexity index is 595. The van der Waals surface area contributed by atoms with Crippen molar-refractivity contribution in [3.63, 3.8) is 0 Å². The molecule has 0 aliphatic carbocycles. The number of benzene rings is 2. The van der Waals surface area contributed by atoms with Gasteiger partial charge in [0.15, 0.2) is 0 Å². The fraction of sp³-hybridized carbons (Fsp3) is 0.0625. The van der Waals surface area contributed by atoms with Crippen molar-refractivity contribution >= 4 is 17.0 Å². The first-order valence-corrected chi connectivity index (χ1v) is 5.79. The van der Waals surface area contributed by atoms with Gasteiger partial charge in [0.1, 0.15) is 0 Å². The van der Waals surface area contributed by atoms with Crippen LogP contribution in [0.3, 0.4) is 0 Å². The highest BCUT2D eigenvalue weighted by molar-refractivity contribution is 5.96. The van der Waals surface area contributed by atoms with Crippen molar-refractivity contribution in [3.05, 3.63) is 71.8 Å². The third kappa shape index (κ3) is 2.33. The molecule has 0 aliphatic rings. The van der Waals surface area contributed by atoms with Gasteiger partial charge < -0.3 is 11.1 Å². The third-order valence-electron chi connectivity index (χ3n) is 2.95. The van der Waals surface area contributed by atoms with Gasteiger partial charge in [0, 0.05) is 17.0 Å². The number of hydrogen-bond acceptors (Lipinski definition) is 2. The summed E-state index contributed by atoms with van der Waals surface area (Å²) in [4.78, 5) is 0. The Labute approximate surface area is 107 Å². The molecule has 0 atom stereocenters. The van der Waals surface area contributed by atoms with Gasteiger partial charge in [-0.25, -0.2) is 0 Å². The minimum atomic E-state index is 0.561.